The molecule has 1 fully saturated rings. The first kappa shape index (κ1) is 8.75. The van der Waals surface area contributed by atoms with E-state index >= 15 is 0 Å². The molecule has 2 unspecified atom stereocenters. The number of nitrogens with two attached hydrogens (primary N) is 1. The second-order valence-electron chi connectivity index (χ2n) is 3.83. The summed E-state index contributed by atoms with van der Waals surface area (Å²) in [5.74, 6) is 1.19. The first-order chi connectivity index (χ1) is 6.31. The van der Waals surface area contributed by atoms with Gasteiger partial charge in [0, 0.05) is 30.9 Å². The summed E-state index contributed by atoms with van der Waals surface area (Å²) in [7, 11) is 0. The van der Waals surface area contributed by atoms with Gasteiger partial charge in [0.25, 0.3) is 0 Å². The van der Waals surface area contributed by atoms with Crippen molar-refractivity contribution < 1.29 is 0 Å². The second-order valence-corrected chi connectivity index (χ2v) is 3.83. The number of rotatable bonds is 2. The first-order valence-corrected chi connectivity index (χ1v) is 5.08. The Bertz CT molecular complexity index is 279. The van der Waals surface area contributed by atoms with E-state index in [1.54, 1.807) is 0 Å². The van der Waals surface area contributed by atoms with E-state index in [0.717, 1.165) is 19.3 Å². The van der Waals surface area contributed by atoms with Gasteiger partial charge in [0.05, 0.1) is 0 Å². The molecule has 3 nitrogen and oxygen atoms in total. The molecule has 1 aliphatic carbocycles. The molecule has 0 spiro atoms. The summed E-state index contributed by atoms with van der Waals surface area (Å²) in [4.78, 5) is 4.33. The maximum absolute atomic E-state index is 5.89. The van der Waals surface area contributed by atoms with Crippen LogP contribution in [0.1, 0.15) is 38.1 Å². The van der Waals surface area contributed by atoms with Crippen molar-refractivity contribution in [3.05, 3.63) is 18.2 Å². The van der Waals surface area contributed by atoms with Crippen LogP contribution in [0.2, 0.25) is 0 Å². The Morgan fingerprint density at radius 1 is 1.62 bits per heavy atom. The number of nitrogens with zero attached hydrogens (tertiary/aromatic N) is 2. The Morgan fingerprint density at radius 2 is 2.46 bits per heavy atom. The van der Waals surface area contributed by atoms with Crippen molar-refractivity contribution in [2.24, 2.45) is 5.73 Å². The molecule has 0 amide bonds. The Kier molecular flexibility index (Phi) is 2.36. The minimum absolute atomic E-state index is 0.400. The van der Waals surface area contributed by atoms with E-state index in [1.807, 2.05) is 6.20 Å². The van der Waals surface area contributed by atoms with E-state index < -0.39 is 0 Å². The summed E-state index contributed by atoms with van der Waals surface area (Å²) in [5.41, 5.74) is 5.89. The van der Waals surface area contributed by atoms with Crippen LogP contribution in [-0.2, 0) is 6.42 Å². The minimum atomic E-state index is 0.400. The van der Waals surface area contributed by atoms with Gasteiger partial charge in [-0.1, -0.05) is 6.92 Å². The Hall–Kier alpha value is -0.830. The number of aryl methyl sites for hydroxylation is 1. The van der Waals surface area contributed by atoms with Crippen molar-refractivity contribution in [2.75, 3.05) is 0 Å². The standard InChI is InChI=1S/C10H17N3/c1-2-10-12-5-6-13(10)9-4-3-8(11)7-9/h5-6,8-9H,2-4,7,11H2,1H3. The zero-order valence-electron chi connectivity index (χ0n) is 8.11. The first-order valence-electron chi connectivity index (χ1n) is 5.08. The van der Waals surface area contributed by atoms with Crippen LogP contribution in [0, 0.1) is 0 Å². The van der Waals surface area contributed by atoms with Gasteiger partial charge < -0.3 is 10.3 Å². The van der Waals surface area contributed by atoms with Crippen molar-refractivity contribution in [3.63, 3.8) is 0 Å². The number of aromatic nitrogens is 2. The molecule has 0 radical (unpaired) electrons. The van der Waals surface area contributed by atoms with Gasteiger partial charge >= 0.3 is 0 Å². The van der Waals surface area contributed by atoms with Crippen LogP contribution in [0.3, 0.4) is 0 Å². The minimum Gasteiger partial charge on any atom is -0.332 e. The molecule has 3 heteroatoms. The predicted octanol–water partition coefficient (Wildman–Crippen LogP) is 1.50. The van der Waals surface area contributed by atoms with Crippen LogP contribution in [0.15, 0.2) is 12.4 Å². The molecule has 0 aliphatic heterocycles. The second kappa shape index (κ2) is 3.50. The molecule has 1 heterocycles. The van der Waals surface area contributed by atoms with E-state index in [0.29, 0.717) is 12.1 Å². The van der Waals surface area contributed by atoms with Crippen molar-refractivity contribution in [1.29, 1.82) is 0 Å². The molecule has 72 valence electrons. The van der Waals surface area contributed by atoms with Gasteiger partial charge in [0.1, 0.15) is 5.82 Å². The summed E-state index contributed by atoms with van der Waals surface area (Å²) in [6.45, 7) is 2.15. The lowest BCUT2D eigenvalue weighted by atomic mass is 10.2. The maximum Gasteiger partial charge on any atom is 0.108 e. The summed E-state index contributed by atoms with van der Waals surface area (Å²) in [5, 5.41) is 0. The third-order valence-corrected chi connectivity index (χ3v) is 2.90. The van der Waals surface area contributed by atoms with Crippen LogP contribution in [0.25, 0.3) is 0 Å². The molecule has 2 atom stereocenters. The normalized spacial score (nSPS) is 28.2. The van der Waals surface area contributed by atoms with E-state index in [-0.39, 0.29) is 0 Å². The summed E-state index contributed by atoms with van der Waals surface area (Å²) >= 11 is 0. The highest BCUT2D eigenvalue weighted by Crippen LogP contribution is 2.29. The summed E-state index contributed by atoms with van der Waals surface area (Å²) in [6, 6.07) is 1.00. The molecule has 13 heavy (non-hydrogen) atoms. The van der Waals surface area contributed by atoms with Crippen LogP contribution in [0.5, 0.6) is 0 Å². The number of hydrogen-bond donors (Lipinski definition) is 1. The fourth-order valence-corrected chi connectivity index (χ4v) is 2.19. The Balaban J connectivity index is 2.16. The smallest absolute Gasteiger partial charge is 0.108 e. The van der Waals surface area contributed by atoms with Crippen molar-refractivity contribution in [1.82, 2.24) is 9.55 Å². The van der Waals surface area contributed by atoms with E-state index in [9.17, 15) is 0 Å². The highest BCUT2D eigenvalue weighted by Gasteiger charge is 2.23. The highest BCUT2D eigenvalue weighted by atomic mass is 15.1. The fourth-order valence-electron chi connectivity index (χ4n) is 2.19. The lowest BCUT2D eigenvalue weighted by Gasteiger charge is -2.14. The SMILES string of the molecule is CCc1nccn1C1CCC(N)C1. The van der Waals surface area contributed by atoms with Crippen LogP contribution < -0.4 is 5.73 Å². The molecular weight excluding hydrogens is 162 g/mol. The van der Waals surface area contributed by atoms with Crippen molar-refractivity contribution >= 4 is 0 Å². The summed E-state index contributed by atoms with van der Waals surface area (Å²) in [6.07, 6.45) is 8.48. The van der Waals surface area contributed by atoms with Gasteiger partial charge in [0.2, 0.25) is 0 Å². The molecular formula is C10H17N3. The van der Waals surface area contributed by atoms with Crippen molar-refractivity contribution in [3.8, 4) is 0 Å². The monoisotopic (exact) mass is 179 g/mol. The number of hydrogen-bond acceptors (Lipinski definition) is 2. The third kappa shape index (κ3) is 1.61. The zero-order chi connectivity index (χ0) is 9.26. The quantitative estimate of drug-likeness (QED) is 0.747. The van der Waals surface area contributed by atoms with E-state index in [1.165, 1.54) is 12.2 Å². The average molecular weight is 179 g/mol. The van der Waals surface area contributed by atoms with Gasteiger partial charge in [-0.15, -0.1) is 0 Å². The Morgan fingerprint density at radius 3 is 3.08 bits per heavy atom. The van der Waals surface area contributed by atoms with Gasteiger partial charge in [-0.05, 0) is 19.3 Å². The molecule has 0 bridgehead atoms. The van der Waals surface area contributed by atoms with Gasteiger partial charge in [-0.25, -0.2) is 4.98 Å². The zero-order valence-corrected chi connectivity index (χ0v) is 8.11. The molecule has 2 rings (SSSR count). The topological polar surface area (TPSA) is 43.8 Å². The lowest BCUT2D eigenvalue weighted by Crippen LogP contribution is -2.16. The molecule has 0 saturated heterocycles. The van der Waals surface area contributed by atoms with Gasteiger partial charge in [-0.2, -0.15) is 0 Å². The van der Waals surface area contributed by atoms with E-state index in [4.69, 9.17) is 5.73 Å². The molecule has 1 aliphatic rings. The van der Waals surface area contributed by atoms with Gasteiger partial charge in [-0.3, -0.25) is 0 Å². The fraction of sp³-hybridized carbons (Fsp3) is 0.700. The van der Waals surface area contributed by atoms with Gasteiger partial charge in [0.15, 0.2) is 0 Å². The Labute approximate surface area is 79.0 Å². The molecule has 1 aromatic heterocycles. The molecule has 2 N–H and O–H groups in total. The van der Waals surface area contributed by atoms with Crippen LogP contribution in [0.4, 0.5) is 0 Å². The third-order valence-electron chi connectivity index (χ3n) is 2.90. The van der Waals surface area contributed by atoms with Crippen molar-refractivity contribution in [2.45, 2.75) is 44.7 Å². The molecule has 1 aromatic rings. The molecule has 0 aromatic carbocycles. The average Bonchev–Trinajstić information content (AvgIpc) is 2.71. The maximum atomic E-state index is 5.89. The predicted molar refractivity (Wildman–Crippen MR) is 52.5 cm³/mol. The largest absolute Gasteiger partial charge is 0.332 e. The van der Waals surface area contributed by atoms with Crippen LogP contribution in [-0.4, -0.2) is 15.6 Å². The highest BCUT2D eigenvalue weighted by molar-refractivity contribution is 4.97. The van der Waals surface area contributed by atoms with E-state index in [2.05, 4.69) is 22.7 Å². The summed E-state index contributed by atoms with van der Waals surface area (Å²) < 4.78 is 2.30. The lowest BCUT2D eigenvalue weighted by molar-refractivity contribution is 0.492. The molecule has 1 saturated carbocycles. The number of imidazole rings is 1. The van der Waals surface area contributed by atoms with Crippen LogP contribution >= 0.6 is 0 Å².